The van der Waals surface area contributed by atoms with Crippen molar-refractivity contribution >= 4 is 0 Å². The zero-order chi connectivity index (χ0) is 38.2. The molecule has 5 rings (SSSR count). The zero-order valence-electron chi connectivity index (χ0n) is 37.2. The smallest absolute Gasteiger partial charge is 0.0126 e. The first-order chi connectivity index (χ1) is 22.9. The number of nitrogens with one attached hydrogen (secondary N) is 1. The number of hydrogen-bond donors (Lipinski definition) is 1. The van der Waals surface area contributed by atoms with Crippen molar-refractivity contribution in [2.24, 2.45) is 0 Å². The average Bonchev–Trinajstić information content (AvgIpc) is 3.59. The van der Waals surface area contributed by atoms with Crippen LogP contribution in [0.2, 0.25) is 0 Å². The Balaban J connectivity index is 0.000000313. The van der Waals surface area contributed by atoms with E-state index in [0.717, 1.165) is 13.1 Å². The summed E-state index contributed by atoms with van der Waals surface area (Å²) in [4.78, 5) is 15.2. The number of hydrogen-bond acceptors (Lipinski definition) is 7. The van der Waals surface area contributed by atoms with E-state index in [1.807, 2.05) is 0 Å². The Bertz CT molecular complexity index is 756. The molecule has 5 aliphatic heterocycles. The molecule has 0 aromatic heterocycles. The lowest BCUT2D eigenvalue weighted by atomic mass is 10.0. The molecule has 0 saturated carbocycles. The molecule has 5 heterocycles. The van der Waals surface area contributed by atoms with Crippen LogP contribution in [0.3, 0.4) is 0 Å². The van der Waals surface area contributed by atoms with Crippen molar-refractivity contribution in [1.29, 1.82) is 0 Å². The molecule has 0 bridgehead atoms. The van der Waals surface area contributed by atoms with Gasteiger partial charge in [-0.3, -0.25) is 24.5 Å². The van der Waals surface area contributed by atoms with Crippen LogP contribution in [0.25, 0.3) is 0 Å². The molecule has 300 valence electrons. The molecular weight excluding hydrogens is 615 g/mol. The molecular formula is C43H93N7. The highest BCUT2D eigenvalue weighted by atomic mass is 15.3. The Morgan fingerprint density at radius 1 is 0.280 bits per heavy atom. The summed E-state index contributed by atoms with van der Waals surface area (Å²) < 4.78 is 0. The molecule has 0 atom stereocenters. The first-order valence-electron chi connectivity index (χ1n) is 21.1. The van der Waals surface area contributed by atoms with Crippen LogP contribution >= 0.6 is 0 Å². The lowest BCUT2D eigenvalue weighted by molar-refractivity contribution is 0.0735. The van der Waals surface area contributed by atoms with Gasteiger partial charge in [0.05, 0.1) is 0 Å². The first-order valence-corrected chi connectivity index (χ1v) is 21.1. The van der Waals surface area contributed by atoms with Gasteiger partial charge in [0.2, 0.25) is 0 Å². The quantitative estimate of drug-likeness (QED) is 0.272. The van der Waals surface area contributed by atoms with Gasteiger partial charge in [-0.05, 0) is 189 Å². The predicted molar refractivity (Wildman–Crippen MR) is 224 cm³/mol. The molecule has 7 nitrogen and oxygen atoms in total. The van der Waals surface area contributed by atoms with Gasteiger partial charge in [-0.15, -0.1) is 0 Å². The Hall–Kier alpha value is -0.280. The summed E-state index contributed by atoms with van der Waals surface area (Å²) in [6, 6.07) is 0. The predicted octanol–water partition coefficient (Wildman–Crippen LogP) is 8.14. The topological polar surface area (TPSA) is 31.5 Å². The number of nitrogens with zero attached hydrogens (tertiary/aromatic N) is 6. The van der Waals surface area contributed by atoms with E-state index in [2.05, 4.69) is 146 Å². The van der Waals surface area contributed by atoms with Gasteiger partial charge in [-0.1, -0.05) is 12.8 Å². The van der Waals surface area contributed by atoms with E-state index in [1.165, 1.54) is 130 Å². The van der Waals surface area contributed by atoms with Crippen LogP contribution in [0.5, 0.6) is 0 Å². The minimum atomic E-state index is 0.362. The van der Waals surface area contributed by atoms with E-state index in [4.69, 9.17) is 0 Å². The normalized spacial score (nSPS) is 23.3. The zero-order valence-corrected chi connectivity index (χ0v) is 37.2. The maximum atomic E-state index is 3.35. The number of rotatable bonds is 0. The summed E-state index contributed by atoms with van der Waals surface area (Å²) in [5, 5.41) is 3.35. The van der Waals surface area contributed by atoms with Crippen LogP contribution in [0, 0.1) is 0 Å². The summed E-state index contributed by atoms with van der Waals surface area (Å²) in [5.74, 6) is 0. The van der Waals surface area contributed by atoms with Crippen molar-refractivity contribution in [3.63, 3.8) is 0 Å². The van der Waals surface area contributed by atoms with Gasteiger partial charge in [0.25, 0.3) is 0 Å². The molecule has 0 radical (unpaired) electrons. The van der Waals surface area contributed by atoms with Gasteiger partial charge < -0.3 is 10.2 Å². The highest BCUT2D eigenvalue weighted by molar-refractivity contribution is 4.83. The highest BCUT2D eigenvalue weighted by Crippen LogP contribution is 2.21. The molecule has 5 saturated heterocycles. The average molecular weight is 708 g/mol. The molecule has 0 amide bonds. The summed E-state index contributed by atoms with van der Waals surface area (Å²) in [6.45, 7) is 51.8. The molecule has 1 N–H and O–H groups in total. The van der Waals surface area contributed by atoms with E-state index in [9.17, 15) is 0 Å². The maximum Gasteiger partial charge on any atom is 0.0126 e. The first kappa shape index (κ1) is 47.7. The monoisotopic (exact) mass is 708 g/mol. The second-order valence-corrected chi connectivity index (χ2v) is 20.7. The van der Waals surface area contributed by atoms with E-state index in [1.54, 1.807) is 0 Å². The van der Waals surface area contributed by atoms with E-state index in [0.29, 0.717) is 27.7 Å². The molecule has 5 aliphatic rings. The lowest BCUT2D eigenvalue weighted by Crippen LogP contribution is -2.52. The van der Waals surface area contributed by atoms with Crippen LogP contribution in [-0.4, -0.2) is 156 Å². The van der Waals surface area contributed by atoms with Crippen molar-refractivity contribution < 1.29 is 0 Å². The minimum Gasteiger partial charge on any atom is -0.314 e. The van der Waals surface area contributed by atoms with E-state index < -0.39 is 0 Å². The van der Waals surface area contributed by atoms with Gasteiger partial charge in [0, 0.05) is 80.1 Å². The molecule has 0 spiro atoms. The Morgan fingerprint density at radius 2 is 0.500 bits per heavy atom. The highest BCUT2D eigenvalue weighted by Gasteiger charge is 2.26. The second-order valence-electron chi connectivity index (χ2n) is 20.7. The number of likely N-dealkylation sites (N-methyl/N-ethyl adjacent to an activating group) is 1. The second kappa shape index (κ2) is 22.2. The lowest BCUT2D eigenvalue weighted by Gasteiger charge is -2.41. The molecule has 0 unspecified atom stereocenters. The number of likely N-dealkylation sites (tertiary alicyclic amines) is 3. The largest absolute Gasteiger partial charge is 0.314 e. The van der Waals surface area contributed by atoms with Crippen LogP contribution in [0.1, 0.15) is 155 Å². The Morgan fingerprint density at radius 3 is 0.720 bits per heavy atom. The van der Waals surface area contributed by atoms with Crippen LogP contribution in [-0.2, 0) is 0 Å². The summed E-state index contributed by atoms with van der Waals surface area (Å²) in [7, 11) is 2.19. The van der Waals surface area contributed by atoms with Gasteiger partial charge in [-0.25, -0.2) is 0 Å². The van der Waals surface area contributed by atoms with Gasteiger partial charge in [-0.2, -0.15) is 0 Å². The van der Waals surface area contributed by atoms with Crippen LogP contribution in [0.15, 0.2) is 0 Å². The minimum absolute atomic E-state index is 0.362. The van der Waals surface area contributed by atoms with Crippen LogP contribution < -0.4 is 5.32 Å². The maximum absolute atomic E-state index is 3.35. The van der Waals surface area contributed by atoms with Gasteiger partial charge >= 0.3 is 0 Å². The summed E-state index contributed by atoms with van der Waals surface area (Å²) in [6.07, 6.45) is 11.3. The third-order valence-electron chi connectivity index (χ3n) is 11.2. The van der Waals surface area contributed by atoms with Crippen molar-refractivity contribution in [1.82, 2.24) is 34.7 Å². The van der Waals surface area contributed by atoms with Crippen molar-refractivity contribution in [3.05, 3.63) is 0 Å². The van der Waals surface area contributed by atoms with Crippen molar-refractivity contribution in [2.45, 2.75) is 183 Å². The molecule has 0 aromatic rings. The van der Waals surface area contributed by atoms with Crippen molar-refractivity contribution in [2.75, 3.05) is 98.7 Å². The van der Waals surface area contributed by atoms with Crippen LogP contribution in [0.4, 0.5) is 0 Å². The number of piperidine rings is 2. The van der Waals surface area contributed by atoms with Gasteiger partial charge in [0.15, 0.2) is 0 Å². The van der Waals surface area contributed by atoms with E-state index >= 15 is 0 Å². The fourth-order valence-corrected chi connectivity index (χ4v) is 7.33. The SMILES string of the molecule is CC(C)(C)N1CCCC1.CC(C)(C)N1CCCCC1.CC(C)(C)N1CCCCC1.CC(C)(C)N1CCNCC1.CN1CCN(C(C)(C)C)CC1. The molecule has 0 aromatic carbocycles. The third kappa shape index (κ3) is 20.8. The van der Waals surface area contributed by atoms with E-state index in [-0.39, 0.29) is 0 Å². The summed E-state index contributed by atoms with van der Waals surface area (Å²) >= 11 is 0. The third-order valence-corrected chi connectivity index (χ3v) is 11.2. The molecule has 5 fully saturated rings. The fourth-order valence-electron chi connectivity index (χ4n) is 7.33. The standard InChI is InChI=1S/C9H20N2.2C9H19N.C8H18N2.C8H17N/c1-9(2,3)11-7-5-10(4)6-8-11;2*1-9(2,3)10-7-5-4-6-8-10;1-8(2,3)10-6-4-9-5-7-10;1-8(2,3)9-6-4-5-7-9/h5-8H2,1-4H3;2*4-8H2,1-3H3;9H,4-7H2,1-3H3;4-7H2,1-3H3. The summed E-state index contributed by atoms with van der Waals surface area (Å²) in [5.41, 5.74) is 1.95. The molecule has 0 aliphatic carbocycles. The fraction of sp³-hybridized carbons (Fsp3) is 1.00. The van der Waals surface area contributed by atoms with Crippen molar-refractivity contribution in [3.8, 4) is 0 Å². The number of piperazine rings is 2. The Labute approximate surface area is 315 Å². The Kier molecular flexibility index (Phi) is 21.2. The van der Waals surface area contributed by atoms with Gasteiger partial charge in [0.1, 0.15) is 0 Å². The molecule has 7 heteroatoms. The molecule has 50 heavy (non-hydrogen) atoms.